The molecule has 0 rings (SSSR count). The molecule has 0 N–H and O–H groups in total. The average molecular weight is 149 g/mol. The first-order chi connectivity index (χ1) is 5.20. The molecule has 0 heterocycles. The third-order valence-electron chi connectivity index (χ3n) is 1.18. The van der Waals surface area contributed by atoms with Crippen LogP contribution in [0.25, 0.3) is 0 Å². The van der Waals surface area contributed by atoms with Crippen molar-refractivity contribution in [2.45, 2.75) is 13.8 Å². The van der Waals surface area contributed by atoms with Crippen LogP contribution in [0.3, 0.4) is 0 Å². The van der Waals surface area contributed by atoms with Crippen LogP contribution in [0, 0.1) is 0 Å². The molecule has 0 amide bonds. The fourth-order valence-electron chi connectivity index (χ4n) is 0.420. The summed E-state index contributed by atoms with van der Waals surface area (Å²) in [6.45, 7) is 7.40. The van der Waals surface area contributed by atoms with Crippen molar-refractivity contribution in [3.63, 3.8) is 0 Å². The molecular weight excluding hydrogens is 138 g/mol. The number of hydrogen-bond donors (Lipinski definition) is 0. The van der Waals surface area contributed by atoms with E-state index in [-0.39, 0.29) is 0 Å². The number of carbonyl (C=O) groups excluding carboxylic acids is 1. The molecule has 0 fully saturated rings. The van der Waals surface area contributed by atoms with E-state index in [1.54, 1.807) is 6.08 Å². The molecule has 2 heteroatoms. The topological polar surface area (TPSA) is 29.4 Å². The maximum atomic E-state index is 9.73. The Hall–Kier alpha value is -1.40. The summed E-state index contributed by atoms with van der Waals surface area (Å²) < 4.78 is 0. The lowest BCUT2D eigenvalue weighted by atomic mass is 10.2. The van der Waals surface area contributed by atoms with Gasteiger partial charge < -0.3 is 0 Å². The minimum atomic E-state index is 0.418. The normalized spacial score (nSPS) is 11.3. The lowest BCUT2D eigenvalue weighted by molar-refractivity contribution is 0.565. The standard InChI is InChI=1S/C9H11NO/c1-4-8(2)5-6-9(3)10-7-11/h4-6H,3H2,1-2H3/b6-5-,8-4-. The third kappa shape index (κ3) is 5.07. The van der Waals surface area contributed by atoms with Crippen molar-refractivity contribution in [1.29, 1.82) is 0 Å². The highest BCUT2D eigenvalue weighted by atomic mass is 16.1. The van der Waals surface area contributed by atoms with Crippen LogP contribution in [0.1, 0.15) is 13.8 Å². The van der Waals surface area contributed by atoms with Crippen molar-refractivity contribution in [3.05, 3.63) is 36.1 Å². The predicted octanol–water partition coefficient (Wildman–Crippen LogP) is 2.36. The van der Waals surface area contributed by atoms with E-state index in [1.165, 1.54) is 6.08 Å². The maximum Gasteiger partial charge on any atom is 0.240 e. The third-order valence-corrected chi connectivity index (χ3v) is 1.18. The van der Waals surface area contributed by atoms with E-state index in [0.29, 0.717) is 5.70 Å². The SMILES string of the molecule is C=C(/C=C\C(C)=C/C)N=C=O. The Kier molecular flexibility index (Phi) is 4.70. The summed E-state index contributed by atoms with van der Waals surface area (Å²) in [6, 6.07) is 0. The van der Waals surface area contributed by atoms with Crippen LogP contribution in [0.2, 0.25) is 0 Å². The molecule has 0 saturated carbocycles. The summed E-state index contributed by atoms with van der Waals surface area (Å²) >= 11 is 0. The zero-order valence-electron chi connectivity index (χ0n) is 6.79. The van der Waals surface area contributed by atoms with E-state index in [9.17, 15) is 4.79 Å². The molecule has 0 aliphatic heterocycles. The van der Waals surface area contributed by atoms with Crippen LogP contribution in [0.4, 0.5) is 0 Å². The van der Waals surface area contributed by atoms with Gasteiger partial charge in [-0.15, -0.1) is 0 Å². The van der Waals surface area contributed by atoms with Gasteiger partial charge in [0.15, 0.2) is 0 Å². The second-order valence-electron chi connectivity index (χ2n) is 2.06. The zero-order valence-corrected chi connectivity index (χ0v) is 6.79. The largest absolute Gasteiger partial charge is 0.240 e. The molecule has 0 saturated heterocycles. The number of rotatable bonds is 3. The molecule has 0 aromatic rings. The van der Waals surface area contributed by atoms with Crippen molar-refractivity contribution in [3.8, 4) is 0 Å². The summed E-state index contributed by atoms with van der Waals surface area (Å²) in [5, 5.41) is 0. The molecule has 0 atom stereocenters. The second kappa shape index (κ2) is 5.39. The van der Waals surface area contributed by atoms with Gasteiger partial charge in [-0.05, 0) is 19.9 Å². The highest BCUT2D eigenvalue weighted by Gasteiger charge is 1.80. The van der Waals surface area contributed by atoms with E-state index in [2.05, 4.69) is 11.6 Å². The van der Waals surface area contributed by atoms with Crippen molar-refractivity contribution < 1.29 is 4.79 Å². The van der Waals surface area contributed by atoms with Crippen molar-refractivity contribution >= 4 is 6.08 Å². The number of aliphatic imine (C=N–C) groups is 1. The smallest absolute Gasteiger partial charge is 0.211 e. The van der Waals surface area contributed by atoms with E-state index in [0.717, 1.165) is 5.57 Å². The molecule has 0 aliphatic carbocycles. The van der Waals surface area contributed by atoms with Gasteiger partial charge in [0.2, 0.25) is 6.08 Å². The van der Waals surface area contributed by atoms with Gasteiger partial charge in [-0.3, -0.25) is 0 Å². The lowest BCUT2D eigenvalue weighted by Gasteiger charge is -1.86. The Morgan fingerprint density at radius 2 is 2.18 bits per heavy atom. The summed E-state index contributed by atoms with van der Waals surface area (Å²) in [5.74, 6) is 0. The number of hydrogen-bond acceptors (Lipinski definition) is 2. The van der Waals surface area contributed by atoms with Gasteiger partial charge >= 0.3 is 0 Å². The second-order valence-corrected chi connectivity index (χ2v) is 2.06. The molecule has 11 heavy (non-hydrogen) atoms. The first-order valence-corrected chi connectivity index (χ1v) is 3.28. The predicted molar refractivity (Wildman–Crippen MR) is 45.8 cm³/mol. The minimum Gasteiger partial charge on any atom is -0.211 e. The van der Waals surface area contributed by atoms with Gasteiger partial charge in [0, 0.05) is 0 Å². The summed E-state index contributed by atoms with van der Waals surface area (Å²) in [6.07, 6.45) is 6.87. The van der Waals surface area contributed by atoms with Gasteiger partial charge in [-0.2, -0.15) is 4.99 Å². The van der Waals surface area contributed by atoms with Gasteiger partial charge in [0.25, 0.3) is 0 Å². The molecule has 0 radical (unpaired) electrons. The molecule has 58 valence electrons. The van der Waals surface area contributed by atoms with Gasteiger partial charge in [-0.1, -0.05) is 24.3 Å². The molecule has 2 nitrogen and oxygen atoms in total. The Morgan fingerprint density at radius 1 is 1.55 bits per heavy atom. The average Bonchev–Trinajstić information content (AvgIpc) is 2.01. The molecule has 0 aliphatic rings. The Labute approximate surface area is 66.6 Å². The van der Waals surface area contributed by atoms with Crippen LogP contribution in [-0.4, -0.2) is 6.08 Å². The Balaban J connectivity index is 4.14. The lowest BCUT2D eigenvalue weighted by Crippen LogP contribution is -1.68. The molecule has 0 bridgehead atoms. The monoisotopic (exact) mass is 149 g/mol. The summed E-state index contributed by atoms with van der Waals surface area (Å²) in [4.78, 5) is 13.0. The van der Waals surface area contributed by atoms with E-state index < -0.39 is 0 Å². The van der Waals surface area contributed by atoms with Crippen LogP contribution in [0.5, 0.6) is 0 Å². The molecule has 0 aromatic carbocycles. The van der Waals surface area contributed by atoms with Gasteiger partial charge in [0.05, 0.1) is 5.70 Å². The fourth-order valence-corrected chi connectivity index (χ4v) is 0.420. The van der Waals surface area contributed by atoms with E-state index in [4.69, 9.17) is 0 Å². The molecule has 0 aromatic heterocycles. The first-order valence-electron chi connectivity index (χ1n) is 3.28. The number of allylic oxidation sites excluding steroid dienone is 4. The fraction of sp³-hybridized carbons (Fsp3) is 0.222. The van der Waals surface area contributed by atoms with Crippen LogP contribution in [-0.2, 0) is 4.79 Å². The Morgan fingerprint density at radius 3 is 2.64 bits per heavy atom. The van der Waals surface area contributed by atoms with Gasteiger partial charge in [0.1, 0.15) is 0 Å². The van der Waals surface area contributed by atoms with E-state index >= 15 is 0 Å². The molecule has 0 unspecified atom stereocenters. The molecular formula is C9H11NO. The van der Waals surface area contributed by atoms with Gasteiger partial charge in [-0.25, -0.2) is 4.79 Å². The quantitative estimate of drug-likeness (QED) is 0.344. The zero-order chi connectivity index (χ0) is 8.69. The highest BCUT2D eigenvalue weighted by molar-refractivity contribution is 5.39. The van der Waals surface area contributed by atoms with Crippen molar-refractivity contribution in [1.82, 2.24) is 0 Å². The first kappa shape index (κ1) is 9.60. The number of isocyanates is 1. The van der Waals surface area contributed by atoms with Crippen molar-refractivity contribution in [2.75, 3.05) is 0 Å². The molecule has 0 spiro atoms. The minimum absolute atomic E-state index is 0.418. The van der Waals surface area contributed by atoms with Crippen LogP contribution >= 0.6 is 0 Å². The highest BCUT2D eigenvalue weighted by Crippen LogP contribution is 1.98. The van der Waals surface area contributed by atoms with E-state index in [1.807, 2.05) is 26.0 Å². The summed E-state index contributed by atoms with van der Waals surface area (Å²) in [7, 11) is 0. The van der Waals surface area contributed by atoms with Crippen molar-refractivity contribution in [2.24, 2.45) is 4.99 Å². The Bertz CT molecular complexity index is 242. The van der Waals surface area contributed by atoms with Crippen LogP contribution in [0.15, 0.2) is 41.1 Å². The maximum absolute atomic E-state index is 9.73. The summed E-state index contributed by atoms with van der Waals surface area (Å²) in [5.41, 5.74) is 1.52. The number of nitrogens with zero attached hydrogens (tertiary/aromatic N) is 1. The van der Waals surface area contributed by atoms with Crippen LogP contribution < -0.4 is 0 Å².